The van der Waals surface area contributed by atoms with E-state index in [1.54, 1.807) is 43.3 Å². The molecule has 9 nitrogen and oxygen atoms in total. The van der Waals surface area contributed by atoms with Gasteiger partial charge in [-0.3, -0.25) is 9.10 Å². The smallest absolute Gasteiger partial charge is 0.264 e. The lowest BCUT2D eigenvalue weighted by Gasteiger charge is -2.26. The van der Waals surface area contributed by atoms with Crippen LogP contribution in [0.15, 0.2) is 82.6 Å². The molecule has 0 unspecified atom stereocenters. The van der Waals surface area contributed by atoms with Crippen molar-refractivity contribution in [1.82, 2.24) is 5.32 Å². The number of anilines is 1. The summed E-state index contributed by atoms with van der Waals surface area (Å²) >= 11 is 0. The second-order valence-electron chi connectivity index (χ2n) is 7.99. The number of benzene rings is 3. The third-order valence-electron chi connectivity index (χ3n) is 5.47. The number of nitrogens with one attached hydrogen (secondary N) is 1. The van der Waals surface area contributed by atoms with E-state index in [0.717, 1.165) is 10.6 Å². The molecule has 192 valence electrons. The van der Waals surface area contributed by atoms with E-state index in [1.807, 2.05) is 0 Å². The lowest BCUT2D eigenvalue weighted by atomic mass is 10.1. The van der Waals surface area contributed by atoms with Gasteiger partial charge in [0.25, 0.3) is 10.0 Å². The van der Waals surface area contributed by atoms with E-state index in [4.69, 9.17) is 9.47 Å². The Labute approximate surface area is 211 Å². The van der Waals surface area contributed by atoms with Crippen LogP contribution in [0.5, 0.6) is 11.5 Å². The number of rotatable bonds is 10. The van der Waals surface area contributed by atoms with Gasteiger partial charge in [0, 0.05) is 6.26 Å². The molecule has 11 heteroatoms. The molecule has 36 heavy (non-hydrogen) atoms. The predicted octanol–water partition coefficient (Wildman–Crippen LogP) is 3.18. The minimum Gasteiger partial charge on any atom is -0.497 e. The van der Waals surface area contributed by atoms with E-state index in [9.17, 15) is 21.6 Å². The molecule has 0 radical (unpaired) electrons. The first-order chi connectivity index (χ1) is 17.0. The number of hydrogen-bond donors (Lipinski definition) is 1. The van der Waals surface area contributed by atoms with Crippen molar-refractivity contribution in [1.29, 1.82) is 0 Å². The summed E-state index contributed by atoms with van der Waals surface area (Å²) in [6.07, 6.45) is 1.11. The molecule has 1 atom stereocenters. The van der Waals surface area contributed by atoms with Gasteiger partial charge in [-0.05, 0) is 61.0 Å². The molecular weight excluding hydrogens is 504 g/mol. The number of sulfone groups is 1. The van der Waals surface area contributed by atoms with E-state index >= 15 is 0 Å². The Hall–Kier alpha value is -3.57. The topological polar surface area (TPSA) is 119 Å². The molecule has 0 saturated carbocycles. The zero-order valence-corrected chi connectivity index (χ0v) is 22.0. The standard InChI is InChI=1S/C25H28N2O7S2/c1-18(19-9-13-21(14-10-19)35(4,29)30)26-25(28)17-27(23-7-5-6-8-24(23)34-3)36(31,32)22-15-11-20(33-2)12-16-22/h5-16,18H,17H2,1-4H3,(H,26,28)/t18-/m0/s1. The molecule has 3 aromatic carbocycles. The summed E-state index contributed by atoms with van der Waals surface area (Å²) in [6, 6.07) is 18.0. The third kappa shape index (κ3) is 6.16. The molecule has 0 bridgehead atoms. The third-order valence-corrected chi connectivity index (χ3v) is 8.38. The molecule has 0 aliphatic rings. The van der Waals surface area contributed by atoms with Crippen LogP contribution >= 0.6 is 0 Å². The zero-order valence-electron chi connectivity index (χ0n) is 20.3. The van der Waals surface area contributed by atoms with Gasteiger partial charge in [-0.2, -0.15) is 0 Å². The van der Waals surface area contributed by atoms with Crippen molar-refractivity contribution in [3.05, 3.63) is 78.4 Å². The first-order valence-electron chi connectivity index (χ1n) is 10.9. The van der Waals surface area contributed by atoms with Crippen molar-refractivity contribution in [2.75, 3.05) is 31.3 Å². The number of sulfonamides is 1. The number of nitrogens with zero attached hydrogens (tertiary/aromatic N) is 1. The van der Waals surface area contributed by atoms with E-state index in [2.05, 4.69) is 5.32 Å². The van der Waals surface area contributed by atoms with E-state index in [-0.39, 0.29) is 21.2 Å². The van der Waals surface area contributed by atoms with Gasteiger partial charge in [0.2, 0.25) is 5.91 Å². The van der Waals surface area contributed by atoms with Crippen LogP contribution in [0.2, 0.25) is 0 Å². The summed E-state index contributed by atoms with van der Waals surface area (Å²) in [5.74, 6) is 0.218. The van der Waals surface area contributed by atoms with Crippen LogP contribution in [0.1, 0.15) is 18.5 Å². The molecule has 0 aliphatic carbocycles. The summed E-state index contributed by atoms with van der Waals surface area (Å²) < 4.78 is 62.1. The Morgan fingerprint density at radius 2 is 1.44 bits per heavy atom. The van der Waals surface area contributed by atoms with Gasteiger partial charge in [-0.15, -0.1) is 0 Å². The highest BCUT2D eigenvalue weighted by Crippen LogP contribution is 2.32. The molecule has 1 N–H and O–H groups in total. The maximum Gasteiger partial charge on any atom is 0.264 e. The van der Waals surface area contributed by atoms with Crippen molar-refractivity contribution in [2.24, 2.45) is 0 Å². The van der Waals surface area contributed by atoms with Crippen LogP contribution in [-0.4, -0.2) is 49.8 Å². The van der Waals surface area contributed by atoms with Gasteiger partial charge in [0.15, 0.2) is 9.84 Å². The summed E-state index contributed by atoms with van der Waals surface area (Å²) in [5, 5.41) is 2.78. The largest absolute Gasteiger partial charge is 0.497 e. The van der Waals surface area contributed by atoms with Crippen LogP contribution in [0.4, 0.5) is 5.69 Å². The highest BCUT2D eigenvalue weighted by molar-refractivity contribution is 7.93. The highest BCUT2D eigenvalue weighted by Gasteiger charge is 2.30. The summed E-state index contributed by atoms with van der Waals surface area (Å²) in [6.45, 7) is 1.21. The van der Waals surface area contributed by atoms with Crippen molar-refractivity contribution < 1.29 is 31.1 Å². The van der Waals surface area contributed by atoms with Crippen LogP contribution in [-0.2, 0) is 24.7 Å². The quantitative estimate of drug-likeness (QED) is 0.426. The number of methoxy groups -OCH3 is 2. The first-order valence-corrected chi connectivity index (χ1v) is 14.2. The van der Waals surface area contributed by atoms with Gasteiger partial charge >= 0.3 is 0 Å². The van der Waals surface area contributed by atoms with Crippen LogP contribution < -0.4 is 19.1 Å². The molecule has 0 saturated heterocycles. The average Bonchev–Trinajstić information content (AvgIpc) is 2.86. The molecule has 0 fully saturated rings. The van der Waals surface area contributed by atoms with Gasteiger partial charge in [0.1, 0.15) is 18.0 Å². The fourth-order valence-electron chi connectivity index (χ4n) is 3.51. The van der Waals surface area contributed by atoms with Gasteiger partial charge in [-0.1, -0.05) is 24.3 Å². The van der Waals surface area contributed by atoms with Crippen molar-refractivity contribution in [3.63, 3.8) is 0 Å². The first kappa shape index (κ1) is 27.0. The molecule has 1 amide bonds. The fourth-order valence-corrected chi connectivity index (χ4v) is 5.58. The number of amides is 1. The number of ether oxygens (including phenoxy) is 2. The monoisotopic (exact) mass is 532 g/mol. The Morgan fingerprint density at radius 1 is 0.861 bits per heavy atom. The molecule has 0 heterocycles. The van der Waals surface area contributed by atoms with Crippen LogP contribution in [0.3, 0.4) is 0 Å². The second-order valence-corrected chi connectivity index (χ2v) is 11.9. The summed E-state index contributed by atoms with van der Waals surface area (Å²) in [7, 11) is -4.62. The predicted molar refractivity (Wildman–Crippen MR) is 137 cm³/mol. The van der Waals surface area contributed by atoms with Gasteiger partial charge in [0.05, 0.1) is 35.7 Å². The number of carbonyl (C=O) groups excluding carboxylic acids is 1. The second kappa shape index (κ2) is 11.0. The average molecular weight is 533 g/mol. The Bertz CT molecular complexity index is 1420. The van der Waals surface area contributed by atoms with Crippen molar-refractivity contribution in [3.8, 4) is 11.5 Å². The van der Waals surface area contributed by atoms with Crippen molar-refractivity contribution >= 4 is 31.5 Å². The maximum absolute atomic E-state index is 13.6. The van der Waals surface area contributed by atoms with Gasteiger partial charge < -0.3 is 14.8 Å². The number of para-hydroxylation sites is 2. The zero-order chi connectivity index (χ0) is 26.5. The molecule has 0 spiro atoms. The molecule has 3 aromatic rings. The Kier molecular flexibility index (Phi) is 8.26. The maximum atomic E-state index is 13.6. The SMILES string of the molecule is COc1ccc(S(=O)(=O)N(CC(=O)N[C@@H](C)c2ccc(S(C)(=O)=O)cc2)c2ccccc2OC)cc1. The van der Waals surface area contributed by atoms with E-state index in [0.29, 0.717) is 11.3 Å². The van der Waals surface area contributed by atoms with E-state index in [1.165, 1.54) is 50.6 Å². The normalized spacial score (nSPS) is 12.4. The molecule has 0 aromatic heterocycles. The lowest BCUT2D eigenvalue weighted by molar-refractivity contribution is -0.120. The number of carbonyl (C=O) groups is 1. The van der Waals surface area contributed by atoms with Crippen LogP contribution in [0, 0.1) is 0 Å². The summed E-state index contributed by atoms with van der Waals surface area (Å²) in [4.78, 5) is 13.2. The Morgan fingerprint density at radius 3 is 2.00 bits per heavy atom. The summed E-state index contributed by atoms with van der Waals surface area (Å²) in [5.41, 5.74) is 0.869. The molecule has 3 rings (SSSR count). The highest BCUT2D eigenvalue weighted by atomic mass is 32.2. The Balaban J connectivity index is 1.90. The van der Waals surface area contributed by atoms with Gasteiger partial charge in [-0.25, -0.2) is 16.8 Å². The number of hydrogen-bond acceptors (Lipinski definition) is 7. The minimum absolute atomic E-state index is 0.0218. The minimum atomic E-state index is -4.16. The lowest BCUT2D eigenvalue weighted by Crippen LogP contribution is -2.41. The molecular formula is C25H28N2O7S2. The molecule has 0 aliphatic heterocycles. The van der Waals surface area contributed by atoms with E-state index < -0.39 is 38.4 Å². The fraction of sp³-hybridized carbons (Fsp3) is 0.240. The van der Waals surface area contributed by atoms with Crippen molar-refractivity contribution in [2.45, 2.75) is 22.8 Å². The van der Waals surface area contributed by atoms with Crippen LogP contribution in [0.25, 0.3) is 0 Å².